The number of aromatic nitrogens is 2. The van der Waals surface area contributed by atoms with Crippen molar-refractivity contribution in [3.8, 4) is 0 Å². The summed E-state index contributed by atoms with van der Waals surface area (Å²) in [5, 5.41) is 0.536. The summed E-state index contributed by atoms with van der Waals surface area (Å²) < 4.78 is 5.12. The van der Waals surface area contributed by atoms with Gasteiger partial charge in [-0.15, -0.1) is 0 Å². The fourth-order valence-electron chi connectivity index (χ4n) is 2.60. The molecule has 1 aliphatic carbocycles. The second-order valence-corrected chi connectivity index (χ2v) is 5.40. The van der Waals surface area contributed by atoms with E-state index in [4.69, 9.17) is 16.3 Å². The van der Waals surface area contributed by atoms with Crippen LogP contribution >= 0.6 is 11.6 Å². The van der Waals surface area contributed by atoms with Gasteiger partial charge in [-0.25, -0.2) is 9.97 Å². The van der Waals surface area contributed by atoms with Gasteiger partial charge in [-0.2, -0.15) is 0 Å². The molecule has 0 aliphatic heterocycles. The van der Waals surface area contributed by atoms with E-state index in [1.165, 1.54) is 44.9 Å². The van der Waals surface area contributed by atoms with Crippen molar-refractivity contribution in [1.82, 2.24) is 9.97 Å². The molecule has 2 rings (SSSR count). The summed E-state index contributed by atoms with van der Waals surface area (Å²) in [6.45, 7) is 0.502. The van der Waals surface area contributed by atoms with Crippen molar-refractivity contribution < 1.29 is 4.74 Å². The van der Waals surface area contributed by atoms with Crippen LogP contribution in [0, 0.1) is 0 Å². The molecule has 0 radical (unpaired) electrons. The Morgan fingerprint density at radius 1 is 1.17 bits per heavy atom. The second-order valence-electron chi connectivity index (χ2n) is 5.02. The molecule has 0 aromatic carbocycles. The van der Waals surface area contributed by atoms with Crippen LogP contribution in [0.5, 0.6) is 0 Å². The minimum atomic E-state index is 0.472. The summed E-state index contributed by atoms with van der Waals surface area (Å²) in [4.78, 5) is 9.01. The van der Waals surface area contributed by atoms with Gasteiger partial charge in [-0.05, 0) is 18.9 Å². The first-order valence-corrected chi connectivity index (χ1v) is 7.19. The third-order valence-electron chi connectivity index (χ3n) is 3.53. The van der Waals surface area contributed by atoms with Gasteiger partial charge in [-0.1, -0.05) is 43.7 Å². The van der Waals surface area contributed by atoms with Crippen LogP contribution in [0.4, 0.5) is 0 Å². The summed E-state index contributed by atoms with van der Waals surface area (Å²) in [6.07, 6.45) is 8.97. The first kappa shape index (κ1) is 13.8. The Kier molecular flexibility index (Phi) is 5.39. The lowest BCUT2D eigenvalue weighted by molar-refractivity contribution is 0.181. The number of halogens is 1. The van der Waals surface area contributed by atoms with Crippen LogP contribution in [0.15, 0.2) is 6.07 Å². The van der Waals surface area contributed by atoms with Gasteiger partial charge in [0.25, 0.3) is 0 Å². The predicted molar refractivity (Wildman–Crippen MR) is 72.8 cm³/mol. The molecule has 0 bridgehead atoms. The zero-order valence-electron chi connectivity index (χ0n) is 11.0. The highest BCUT2D eigenvalue weighted by Gasteiger charge is 2.17. The number of rotatable bonds is 3. The molecule has 1 fully saturated rings. The maximum atomic E-state index is 6.07. The molecular formula is C14H21ClN2O. The van der Waals surface area contributed by atoms with Gasteiger partial charge in [-0.3, -0.25) is 0 Å². The minimum absolute atomic E-state index is 0.472. The Morgan fingerprint density at radius 2 is 1.83 bits per heavy atom. The van der Waals surface area contributed by atoms with E-state index < -0.39 is 0 Å². The molecule has 18 heavy (non-hydrogen) atoms. The highest BCUT2D eigenvalue weighted by atomic mass is 35.5. The van der Waals surface area contributed by atoms with Crippen LogP contribution in [0.1, 0.15) is 62.4 Å². The summed E-state index contributed by atoms with van der Waals surface area (Å²) in [6, 6.07) is 1.79. The lowest BCUT2D eigenvalue weighted by atomic mass is 9.90. The molecule has 0 saturated heterocycles. The van der Waals surface area contributed by atoms with Crippen LogP contribution < -0.4 is 0 Å². The fourth-order valence-corrected chi connectivity index (χ4v) is 2.81. The quantitative estimate of drug-likeness (QED) is 0.774. The van der Waals surface area contributed by atoms with E-state index in [9.17, 15) is 0 Å². The van der Waals surface area contributed by atoms with Crippen molar-refractivity contribution >= 4 is 11.6 Å². The van der Waals surface area contributed by atoms with E-state index in [-0.39, 0.29) is 0 Å². The third-order valence-corrected chi connectivity index (χ3v) is 3.72. The van der Waals surface area contributed by atoms with Crippen molar-refractivity contribution in [2.24, 2.45) is 0 Å². The first-order valence-electron chi connectivity index (χ1n) is 6.82. The SMILES string of the molecule is COCc1cc(Cl)nc(C2CCCCCCC2)n1. The van der Waals surface area contributed by atoms with Gasteiger partial charge in [0.15, 0.2) is 0 Å². The summed E-state index contributed by atoms with van der Waals surface area (Å²) >= 11 is 6.07. The topological polar surface area (TPSA) is 35.0 Å². The molecule has 3 nitrogen and oxygen atoms in total. The maximum Gasteiger partial charge on any atom is 0.133 e. The zero-order valence-corrected chi connectivity index (χ0v) is 11.7. The Hall–Kier alpha value is -0.670. The summed E-state index contributed by atoms with van der Waals surface area (Å²) in [5.74, 6) is 1.39. The highest BCUT2D eigenvalue weighted by molar-refractivity contribution is 6.29. The van der Waals surface area contributed by atoms with Crippen LogP contribution in [0.2, 0.25) is 5.15 Å². The predicted octanol–water partition coefficient (Wildman–Crippen LogP) is 4.10. The molecule has 0 unspecified atom stereocenters. The van der Waals surface area contributed by atoms with E-state index in [2.05, 4.69) is 9.97 Å². The monoisotopic (exact) mass is 268 g/mol. The smallest absolute Gasteiger partial charge is 0.133 e. The fraction of sp³-hybridized carbons (Fsp3) is 0.714. The molecule has 1 aromatic rings. The Bertz CT molecular complexity index is 376. The van der Waals surface area contributed by atoms with Crippen LogP contribution in [0.25, 0.3) is 0 Å². The van der Waals surface area contributed by atoms with Crippen molar-refractivity contribution in [2.45, 2.75) is 57.5 Å². The van der Waals surface area contributed by atoms with Gasteiger partial charge in [0, 0.05) is 13.0 Å². The lowest BCUT2D eigenvalue weighted by Gasteiger charge is -2.19. The highest BCUT2D eigenvalue weighted by Crippen LogP contribution is 2.29. The van der Waals surface area contributed by atoms with Gasteiger partial charge in [0.05, 0.1) is 12.3 Å². The van der Waals surface area contributed by atoms with Gasteiger partial charge < -0.3 is 4.74 Å². The molecule has 0 atom stereocenters. The van der Waals surface area contributed by atoms with Crippen molar-refractivity contribution in [3.63, 3.8) is 0 Å². The normalized spacial score (nSPS) is 18.3. The van der Waals surface area contributed by atoms with E-state index in [1.54, 1.807) is 13.2 Å². The summed E-state index contributed by atoms with van der Waals surface area (Å²) in [5.41, 5.74) is 0.884. The molecule has 0 N–H and O–H groups in total. The molecule has 0 amide bonds. The van der Waals surface area contributed by atoms with E-state index in [0.29, 0.717) is 17.7 Å². The summed E-state index contributed by atoms with van der Waals surface area (Å²) in [7, 11) is 1.67. The average molecular weight is 269 g/mol. The lowest BCUT2D eigenvalue weighted by Crippen LogP contribution is -2.09. The number of hydrogen-bond donors (Lipinski definition) is 0. The average Bonchev–Trinajstić information content (AvgIpc) is 2.27. The standard InChI is InChI=1S/C14H21ClN2O/c1-18-10-12-9-13(15)17-14(16-12)11-7-5-3-2-4-6-8-11/h9,11H,2-8,10H2,1H3. The molecule has 100 valence electrons. The van der Waals surface area contributed by atoms with E-state index in [0.717, 1.165) is 11.5 Å². The molecule has 1 saturated carbocycles. The number of nitrogens with zero attached hydrogens (tertiary/aromatic N) is 2. The Labute approximate surface area is 114 Å². The molecular weight excluding hydrogens is 248 g/mol. The van der Waals surface area contributed by atoms with E-state index in [1.807, 2.05) is 0 Å². The largest absolute Gasteiger partial charge is 0.378 e. The van der Waals surface area contributed by atoms with Gasteiger partial charge >= 0.3 is 0 Å². The molecule has 0 spiro atoms. The van der Waals surface area contributed by atoms with E-state index >= 15 is 0 Å². The van der Waals surface area contributed by atoms with Crippen molar-refractivity contribution in [2.75, 3.05) is 7.11 Å². The molecule has 1 aromatic heterocycles. The zero-order chi connectivity index (χ0) is 12.8. The molecule has 1 aliphatic rings. The Morgan fingerprint density at radius 3 is 2.50 bits per heavy atom. The van der Waals surface area contributed by atoms with Crippen molar-refractivity contribution in [1.29, 1.82) is 0 Å². The van der Waals surface area contributed by atoms with Crippen LogP contribution in [0.3, 0.4) is 0 Å². The van der Waals surface area contributed by atoms with Crippen LogP contribution in [-0.4, -0.2) is 17.1 Å². The maximum absolute atomic E-state index is 6.07. The first-order chi connectivity index (χ1) is 8.79. The van der Waals surface area contributed by atoms with Crippen molar-refractivity contribution in [3.05, 3.63) is 22.7 Å². The molecule has 4 heteroatoms. The van der Waals surface area contributed by atoms with Gasteiger partial charge in [0.1, 0.15) is 11.0 Å². The number of ether oxygens (including phenoxy) is 1. The Balaban J connectivity index is 2.14. The second kappa shape index (κ2) is 7.05. The number of hydrogen-bond acceptors (Lipinski definition) is 3. The minimum Gasteiger partial charge on any atom is -0.378 e. The van der Waals surface area contributed by atoms with Gasteiger partial charge in [0.2, 0.25) is 0 Å². The number of methoxy groups -OCH3 is 1. The molecule has 1 heterocycles. The van der Waals surface area contributed by atoms with Crippen LogP contribution in [-0.2, 0) is 11.3 Å². The third kappa shape index (κ3) is 3.92.